The average molecular weight is 352 g/mol. The average Bonchev–Trinajstić information content (AvgIpc) is 3.08. The van der Waals surface area contributed by atoms with E-state index >= 15 is 0 Å². The highest BCUT2D eigenvalue weighted by molar-refractivity contribution is 5.92. The van der Waals surface area contributed by atoms with Crippen LogP contribution in [0.4, 0.5) is 10.1 Å². The minimum Gasteiger partial charge on any atom is -0.342 e. The van der Waals surface area contributed by atoms with E-state index in [4.69, 9.17) is 4.98 Å². The van der Waals surface area contributed by atoms with E-state index in [9.17, 15) is 9.18 Å². The number of rotatable bonds is 4. The smallest absolute Gasteiger partial charge is 0.238 e. The van der Waals surface area contributed by atoms with Gasteiger partial charge in [0.1, 0.15) is 11.6 Å². The Morgan fingerprint density at radius 3 is 2.88 bits per heavy atom. The maximum Gasteiger partial charge on any atom is 0.238 e. The molecule has 1 saturated heterocycles. The van der Waals surface area contributed by atoms with Gasteiger partial charge in [-0.15, -0.1) is 0 Å². The highest BCUT2D eigenvalue weighted by Crippen LogP contribution is 2.26. The van der Waals surface area contributed by atoms with Gasteiger partial charge in [-0.3, -0.25) is 9.69 Å². The van der Waals surface area contributed by atoms with Crippen LogP contribution in [-0.4, -0.2) is 40.4 Å². The van der Waals surface area contributed by atoms with Crippen molar-refractivity contribution in [1.29, 1.82) is 0 Å². The predicted octanol–water partition coefficient (Wildman–Crippen LogP) is 3.52. The number of carbonyl (C=O) groups excluding carboxylic acids is 1. The summed E-state index contributed by atoms with van der Waals surface area (Å²) >= 11 is 0. The lowest BCUT2D eigenvalue weighted by Crippen LogP contribution is -2.40. The van der Waals surface area contributed by atoms with Crippen molar-refractivity contribution in [2.75, 3.05) is 25.0 Å². The number of amides is 1. The minimum atomic E-state index is -0.417. The largest absolute Gasteiger partial charge is 0.342 e. The van der Waals surface area contributed by atoms with Crippen LogP contribution >= 0.6 is 0 Å². The first-order valence-corrected chi connectivity index (χ1v) is 8.90. The van der Waals surface area contributed by atoms with E-state index in [2.05, 4.69) is 15.2 Å². The van der Waals surface area contributed by atoms with Gasteiger partial charge in [0.25, 0.3) is 0 Å². The second-order valence-corrected chi connectivity index (χ2v) is 6.74. The number of hydrogen-bond acceptors (Lipinski definition) is 3. The summed E-state index contributed by atoms with van der Waals surface area (Å²) in [6, 6.07) is 14.2. The third-order valence-corrected chi connectivity index (χ3v) is 4.82. The van der Waals surface area contributed by atoms with Crippen LogP contribution in [-0.2, 0) is 4.79 Å². The third kappa shape index (κ3) is 3.60. The first kappa shape index (κ1) is 16.7. The van der Waals surface area contributed by atoms with Gasteiger partial charge in [-0.25, -0.2) is 9.37 Å². The summed E-state index contributed by atoms with van der Waals surface area (Å²) in [5, 5.41) is 2.65. The zero-order valence-electron chi connectivity index (χ0n) is 14.4. The quantitative estimate of drug-likeness (QED) is 0.755. The van der Waals surface area contributed by atoms with Crippen LogP contribution in [0.3, 0.4) is 0 Å². The van der Waals surface area contributed by atoms with E-state index in [1.807, 2.05) is 24.3 Å². The fraction of sp³-hybridized carbons (Fsp3) is 0.300. The molecule has 0 bridgehead atoms. The van der Waals surface area contributed by atoms with Crippen LogP contribution in [0.15, 0.2) is 48.5 Å². The Hall–Kier alpha value is -2.73. The third-order valence-electron chi connectivity index (χ3n) is 4.82. The Morgan fingerprint density at radius 1 is 1.23 bits per heavy atom. The van der Waals surface area contributed by atoms with Gasteiger partial charge >= 0.3 is 0 Å². The lowest BCUT2D eigenvalue weighted by molar-refractivity contribution is -0.117. The normalized spacial score (nSPS) is 18.1. The molecule has 4 rings (SSSR count). The molecule has 2 heterocycles. The highest BCUT2D eigenvalue weighted by Gasteiger charge is 2.25. The Kier molecular flexibility index (Phi) is 4.67. The maximum absolute atomic E-state index is 13.7. The van der Waals surface area contributed by atoms with Crippen molar-refractivity contribution in [2.45, 2.75) is 18.8 Å². The standard InChI is InChI=1S/C20H21FN4O/c21-15-7-1-2-8-16(15)22-19(26)13-25-11-5-6-14(12-25)20-23-17-9-3-4-10-18(17)24-20/h1-4,7-10,14H,5-6,11-13H2,(H,22,26)(H,23,24)/t14-/m1/s1. The van der Waals surface area contributed by atoms with Crippen molar-refractivity contribution >= 4 is 22.6 Å². The van der Waals surface area contributed by atoms with Crippen molar-refractivity contribution in [1.82, 2.24) is 14.9 Å². The van der Waals surface area contributed by atoms with Crippen molar-refractivity contribution in [3.63, 3.8) is 0 Å². The van der Waals surface area contributed by atoms with Crippen LogP contribution in [0.2, 0.25) is 0 Å². The van der Waals surface area contributed by atoms with Gasteiger partial charge in [-0.05, 0) is 43.7 Å². The van der Waals surface area contributed by atoms with Gasteiger partial charge in [0, 0.05) is 12.5 Å². The molecule has 134 valence electrons. The molecule has 0 saturated carbocycles. The summed E-state index contributed by atoms with van der Waals surface area (Å²) in [6.07, 6.45) is 2.06. The molecule has 2 aromatic carbocycles. The van der Waals surface area contributed by atoms with Gasteiger partial charge in [0.2, 0.25) is 5.91 Å². The molecule has 0 aliphatic carbocycles. The van der Waals surface area contributed by atoms with E-state index in [-0.39, 0.29) is 24.1 Å². The fourth-order valence-corrected chi connectivity index (χ4v) is 3.54. The van der Waals surface area contributed by atoms with Crippen molar-refractivity contribution in [3.8, 4) is 0 Å². The first-order valence-electron chi connectivity index (χ1n) is 8.90. The number of aromatic amines is 1. The number of hydrogen-bond donors (Lipinski definition) is 2. The Morgan fingerprint density at radius 2 is 2.04 bits per heavy atom. The second kappa shape index (κ2) is 7.25. The van der Waals surface area contributed by atoms with Gasteiger partial charge in [0.05, 0.1) is 23.3 Å². The maximum atomic E-state index is 13.7. The molecule has 0 radical (unpaired) electrons. The lowest BCUT2D eigenvalue weighted by atomic mass is 9.97. The van der Waals surface area contributed by atoms with Gasteiger partial charge in [0.15, 0.2) is 0 Å². The van der Waals surface area contributed by atoms with Crippen molar-refractivity contribution in [2.24, 2.45) is 0 Å². The summed E-state index contributed by atoms with van der Waals surface area (Å²) in [4.78, 5) is 22.5. The number of likely N-dealkylation sites (tertiary alicyclic amines) is 1. The number of aromatic nitrogens is 2. The Balaban J connectivity index is 1.40. The second-order valence-electron chi connectivity index (χ2n) is 6.74. The molecule has 0 unspecified atom stereocenters. The van der Waals surface area contributed by atoms with Gasteiger partial charge in [-0.1, -0.05) is 24.3 Å². The number of benzene rings is 2. The van der Waals surface area contributed by atoms with Crippen molar-refractivity contribution < 1.29 is 9.18 Å². The number of imidazole rings is 1. The molecule has 1 amide bonds. The fourth-order valence-electron chi connectivity index (χ4n) is 3.54. The molecule has 3 aromatic rings. The summed E-state index contributed by atoms with van der Waals surface area (Å²) in [6.45, 7) is 1.89. The van der Waals surface area contributed by atoms with Crippen LogP contribution < -0.4 is 5.32 Å². The van der Waals surface area contributed by atoms with Crippen molar-refractivity contribution in [3.05, 3.63) is 60.2 Å². The summed E-state index contributed by atoms with van der Waals surface area (Å²) < 4.78 is 13.7. The van der Waals surface area contributed by atoms with E-state index in [1.54, 1.807) is 18.2 Å². The molecule has 5 nitrogen and oxygen atoms in total. The number of anilines is 1. The number of nitrogens with one attached hydrogen (secondary N) is 2. The summed E-state index contributed by atoms with van der Waals surface area (Å²) in [5.74, 6) is 0.642. The molecule has 26 heavy (non-hydrogen) atoms. The van der Waals surface area contributed by atoms with Gasteiger partial charge in [-0.2, -0.15) is 0 Å². The van der Waals surface area contributed by atoms with Gasteiger partial charge < -0.3 is 10.3 Å². The van der Waals surface area contributed by atoms with E-state index in [1.165, 1.54) is 6.07 Å². The molecule has 1 aliphatic heterocycles. The molecule has 1 aliphatic rings. The topological polar surface area (TPSA) is 61.0 Å². The number of nitrogens with zero attached hydrogens (tertiary/aromatic N) is 2. The number of para-hydroxylation sites is 3. The summed E-state index contributed by atoms with van der Waals surface area (Å²) in [5.41, 5.74) is 2.23. The molecule has 1 aromatic heterocycles. The molecule has 6 heteroatoms. The van der Waals surface area contributed by atoms with E-state index in [0.29, 0.717) is 0 Å². The number of fused-ring (bicyclic) bond motifs is 1. The monoisotopic (exact) mass is 352 g/mol. The molecule has 0 spiro atoms. The number of halogens is 1. The van der Waals surface area contributed by atoms with E-state index < -0.39 is 5.82 Å². The number of piperidine rings is 1. The number of carbonyl (C=O) groups is 1. The van der Waals surface area contributed by atoms with Crippen LogP contribution in [0, 0.1) is 5.82 Å². The molecular formula is C20H21FN4O. The predicted molar refractivity (Wildman–Crippen MR) is 99.5 cm³/mol. The summed E-state index contributed by atoms with van der Waals surface area (Å²) in [7, 11) is 0. The Labute approximate surface area is 151 Å². The minimum absolute atomic E-state index is 0.194. The molecule has 2 N–H and O–H groups in total. The molecule has 1 atom stereocenters. The zero-order chi connectivity index (χ0) is 17.9. The van der Waals surface area contributed by atoms with Crippen LogP contribution in [0.5, 0.6) is 0 Å². The zero-order valence-corrected chi connectivity index (χ0v) is 14.4. The number of H-pyrrole nitrogens is 1. The molecular weight excluding hydrogens is 331 g/mol. The van der Waals surface area contributed by atoms with Crippen LogP contribution in [0.1, 0.15) is 24.6 Å². The van der Waals surface area contributed by atoms with E-state index in [0.717, 1.165) is 42.8 Å². The highest BCUT2D eigenvalue weighted by atomic mass is 19.1. The SMILES string of the molecule is O=C(CN1CCC[C@@H](c2nc3ccccc3[nH]2)C1)Nc1ccccc1F. The lowest BCUT2D eigenvalue weighted by Gasteiger charge is -2.31. The first-order chi connectivity index (χ1) is 12.7. The molecule has 1 fully saturated rings. The Bertz CT molecular complexity index is 890. The van der Waals surface area contributed by atoms with Crippen LogP contribution in [0.25, 0.3) is 11.0 Å².